The number of nitrogens with one attached hydrogen (secondary N) is 1. The van der Waals surface area contributed by atoms with E-state index in [1.165, 1.54) is 4.90 Å². The maximum atomic E-state index is 13.1. The Hall–Kier alpha value is -3.40. The van der Waals surface area contributed by atoms with E-state index < -0.39 is 17.7 Å². The van der Waals surface area contributed by atoms with Crippen LogP contribution in [0.15, 0.2) is 41.1 Å². The van der Waals surface area contributed by atoms with E-state index in [2.05, 4.69) is 25.4 Å². The molecule has 10 heteroatoms. The van der Waals surface area contributed by atoms with Crippen LogP contribution < -0.4 is 5.32 Å². The number of nitrogens with zero attached hydrogens (tertiary/aromatic N) is 5. The van der Waals surface area contributed by atoms with Gasteiger partial charge in [0, 0.05) is 44.7 Å². The van der Waals surface area contributed by atoms with Crippen molar-refractivity contribution in [2.45, 2.75) is 24.6 Å². The number of aromatic nitrogens is 4. The maximum Gasteiger partial charge on any atom is 0.262 e. The van der Waals surface area contributed by atoms with Crippen LogP contribution in [0.2, 0.25) is 0 Å². The first kappa shape index (κ1) is 19.6. The van der Waals surface area contributed by atoms with Crippen molar-refractivity contribution in [3.63, 3.8) is 0 Å². The predicted molar refractivity (Wildman–Crippen MR) is 108 cm³/mol. The van der Waals surface area contributed by atoms with E-state index in [1.54, 1.807) is 37.5 Å². The molecule has 3 atom stereocenters. The first-order chi connectivity index (χ1) is 14.9. The van der Waals surface area contributed by atoms with Gasteiger partial charge in [-0.1, -0.05) is 11.2 Å². The Bertz CT molecular complexity index is 1140. The third-order valence-electron chi connectivity index (χ3n) is 5.72. The molecular weight excluding hydrogens is 403 g/mol. The van der Waals surface area contributed by atoms with Crippen LogP contribution in [-0.4, -0.2) is 62.3 Å². The number of aliphatic hydroxyl groups is 1. The van der Waals surface area contributed by atoms with Gasteiger partial charge in [0.25, 0.3) is 5.91 Å². The number of pyridine rings is 1. The normalized spacial score (nSPS) is 25.1. The molecule has 0 unspecified atom stereocenters. The number of rotatable bonds is 6. The fourth-order valence-electron chi connectivity index (χ4n) is 3.62. The highest BCUT2D eigenvalue weighted by Crippen LogP contribution is 2.35. The molecule has 0 spiro atoms. The van der Waals surface area contributed by atoms with E-state index >= 15 is 0 Å². The van der Waals surface area contributed by atoms with Crippen LogP contribution in [0.5, 0.6) is 0 Å². The van der Waals surface area contributed by atoms with E-state index in [0.29, 0.717) is 48.2 Å². The lowest BCUT2D eigenvalue weighted by molar-refractivity contribution is -0.144. The molecule has 160 valence electrons. The molecular formula is C21H21FN6O3. The molecule has 5 rings (SSSR count). The smallest absolute Gasteiger partial charge is 0.262 e. The lowest BCUT2D eigenvalue weighted by Gasteiger charge is -2.16. The van der Waals surface area contributed by atoms with Gasteiger partial charge in [0.05, 0.1) is 17.1 Å². The predicted octanol–water partition coefficient (Wildman–Crippen LogP) is 2.01. The molecule has 1 amide bonds. The minimum atomic E-state index is -1.70. The Balaban J connectivity index is 1.38. The molecule has 9 nitrogen and oxygen atoms in total. The highest BCUT2D eigenvalue weighted by atomic mass is 19.1. The number of alkyl halides is 1. The van der Waals surface area contributed by atoms with Crippen LogP contribution in [0.3, 0.4) is 0 Å². The van der Waals surface area contributed by atoms with E-state index in [4.69, 9.17) is 4.52 Å². The zero-order valence-corrected chi connectivity index (χ0v) is 16.8. The number of amides is 1. The van der Waals surface area contributed by atoms with Gasteiger partial charge in [-0.3, -0.25) is 4.79 Å². The van der Waals surface area contributed by atoms with Crippen LogP contribution in [0.1, 0.15) is 18.6 Å². The molecule has 3 aromatic rings. The first-order valence-electron chi connectivity index (χ1n) is 10.1. The summed E-state index contributed by atoms with van der Waals surface area (Å²) < 4.78 is 18.4. The number of likely N-dealkylation sites (tertiary alicyclic amines) is 1. The Morgan fingerprint density at radius 1 is 1.26 bits per heavy atom. The standard InChI is InChI=1S/C21H21FN6O3/c1-28-8-6-21(30,19(28)29)18-10-17(27-31-18)15-4-2-3-14(25-15)16-5-7-23-20(26-16)24-11-12-9-13(12)22/h2-5,7,10,12-13,30H,6,8-9,11H2,1H3,(H,23,24,26)/t12-,13-,21+/m0/s1. The van der Waals surface area contributed by atoms with Gasteiger partial charge in [0.2, 0.25) is 11.5 Å². The highest BCUT2D eigenvalue weighted by molar-refractivity contribution is 5.87. The monoisotopic (exact) mass is 424 g/mol. The molecule has 2 N–H and O–H groups in total. The fourth-order valence-corrected chi connectivity index (χ4v) is 3.62. The summed E-state index contributed by atoms with van der Waals surface area (Å²) in [6.45, 7) is 0.937. The van der Waals surface area contributed by atoms with E-state index in [-0.39, 0.29) is 18.1 Å². The van der Waals surface area contributed by atoms with Crippen molar-refractivity contribution in [1.82, 2.24) is 25.0 Å². The molecule has 3 aromatic heterocycles. The zero-order chi connectivity index (χ0) is 21.6. The van der Waals surface area contributed by atoms with Crippen molar-refractivity contribution in [2.24, 2.45) is 5.92 Å². The third-order valence-corrected chi connectivity index (χ3v) is 5.72. The summed E-state index contributed by atoms with van der Waals surface area (Å²) >= 11 is 0. The Kier molecular flexibility index (Phi) is 4.66. The molecule has 1 saturated carbocycles. The van der Waals surface area contributed by atoms with Gasteiger partial charge in [-0.2, -0.15) is 0 Å². The SMILES string of the molecule is CN1CC[C@@](O)(c2cc(-c3cccc(-c4ccnc(NC[C@@H]5C[C@@H]5F)n4)n3)no2)C1=O. The summed E-state index contributed by atoms with van der Waals surface area (Å²) in [6, 6.07) is 8.64. The molecule has 4 heterocycles. The van der Waals surface area contributed by atoms with Gasteiger partial charge in [-0.25, -0.2) is 19.3 Å². The first-order valence-corrected chi connectivity index (χ1v) is 10.1. The summed E-state index contributed by atoms with van der Waals surface area (Å²) in [7, 11) is 1.63. The number of hydrogen-bond donors (Lipinski definition) is 2. The second kappa shape index (κ2) is 7.38. The van der Waals surface area contributed by atoms with Crippen LogP contribution >= 0.6 is 0 Å². The lowest BCUT2D eigenvalue weighted by atomic mass is 9.98. The zero-order valence-electron chi connectivity index (χ0n) is 16.8. The minimum Gasteiger partial charge on any atom is -0.373 e. The third kappa shape index (κ3) is 3.63. The van der Waals surface area contributed by atoms with Gasteiger partial charge in [-0.05, 0) is 24.6 Å². The van der Waals surface area contributed by atoms with Crippen LogP contribution in [0, 0.1) is 5.92 Å². The number of anilines is 1. The van der Waals surface area contributed by atoms with Crippen LogP contribution in [-0.2, 0) is 10.4 Å². The molecule has 0 radical (unpaired) electrons. The van der Waals surface area contributed by atoms with Crippen molar-refractivity contribution >= 4 is 11.9 Å². The summed E-state index contributed by atoms with van der Waals surface area (Å²) in [6.07, 6.45) is 1.70. The highest BCUT2D eigenvalue weighted by Gasteiger charge is 2.48. The van der Waals surface area contributed by atoms with E-state index in [9.17, 15) is 14.3 Å². The summed E-state index contributed by atoms with van der Waals surface area (Å²) in [5.41, 5.74) is 0.411. The van der Waals surface area contributed by atoms with Crippen LogP contribution in [0.4, 0.5) is 10.3 Å². The molecule has 0 aromatic carbocycles. The summed E-state index contributed by atoms with van der Waals surface area (Å²) in [4.78, 5) is 27.0. The van der Waals surface area contributed by atoms with Gasteiger partial charge < -0.3 is 19.8 Å². The Morgan fingerprint density at radius 3 is 2.71 bits per heavy atom. The van der Waals surface area contributed by atoms with Gasteiger partial charge in [0.15, 0.2) is 5.76 Å². The van der Waals surface area contributed by atoms with Crippen molar-refractivity contribution < 1.29 is 18.8 Å². The fraction of sp³-hybridized carbons (Fsp3) is 0.381. The molecule has 1 saturated heterocycles. The van der Waals surface area contributed by atoms with Crippen molar-refractivity contribution in [3.05, 3.63) is 42.3 Å². The average Bonchev–Trinajstić information content (AvgIpc) is 3.17. The molecule has 1 aliphatic heterocycles. The number of likely N-dealkylation sites (N-methyl/N-ethyl adjacent to an activating group) is 1. The number of halogens is 1. The largest absolute Gasteiger partial charge is 0.373 e. The summed E-state index contributed by atoms with van der Waals surface area (Å²) in [5, 5.41) is 17.8. The molecule has 2 fully saturated rings. The molecule has 1 aliphatic carbocycles. The average molecular weight is 424 g/mol. The molecule has 0 bridgehead atoms. The van der Waals surface area contributed by atoms with Gasteiger partial charge in [0.1, 0.15) is 11.9 Å². The number of carbonyl (C=O) groups is 1. The Morgan fingerprint density at radius 2 is 2.00 bits per heavy atom. The van der Waals surface area contributed by atoms with Crippen molar-refractivity contribution in [2.75, 3.05) is 25.5 Å². The topological polar surface area (TPSA) is 117 Å². The maximum absolute atomic E-state index is 13.1. The quantitative estimate of drug-likeness (QED) is 0.617. The van der Waals surface area contributed by atoms with Gasteiger partial charge >= 0.3 is 0 Å². The lowest BCUT2D eigenvalue weighted by Crippen LogP contribution is -2.35. The van der Waals surface area contributed by atoms with Crippen molar-refractivity contribution in [3.8, 4) is 22.8 Å². The number of hydrogen-bond acceptors (Lipinski definition) is 8. The minimum absolute atomic E-state index is 0.0245. The Labute approximate surface area is 177 Å². The number of carbonyl (C=O) groups excluding carboxylic acids is 1. The second-order valence-electron chi connectivity index (χ2n) is 7.98. The summed E-state index contributed by atoms with van der Waals surface area (Å²) in [5.74, 6) is 0.127. The molecule has 2 aliphatic rings. The van der Waals surface area contributed by atoms with Gasteiger partial charge in [-0.15, -0.1) is 0 Å². The second-order valence-corrected chi connectivity index (χ2v) is 7.98. The van der Waals surface area contributed by atoms with E-state index in [0.717, 1.165) is 0 Å². The van der Waals surface area contributed by atoms with Crippen LogP contribution in [0.25, 0.3) is 22.8 Å². The van der Waals surface area contributed by atoms with Crippen molar-refractivity contribution in [1.29, 1.82) is 0 Å². The van der Waals surface area contributed by atoms with E-state index in [1.807, 2.05) is 6.07 Å². The molecule has 31 heavy (non-hydrogen) atoms.